The summed E-state index contributed by atoms with van der Waals surface area (Å²) in [7, 11) is 0. The van der Waals surface area contributed by atoms with Gasteiger partial charge in [0.1, 0.15) is 11.9 Å². The van der Waals surface area contributed by atoms with Gasteiger partial charge in [0.25, 0.3) is 0 Å². The van der Waals surface area contributed by atoms with E-state index >= 15 is 0 Å². The van der Waals surface area contributed by atoms with Gasteiger partial charge in [0, 0.05) is 17.9 Å². The Morgan fingerprint density at radius 3 is 3.06 bits per heavy atom. The molecule has 0 radical (unpaired) electrons. The fourth-order valence-electron chi connectivity index (χ4n) is 2.73. The van der Waals surface area contributed by atoms with Gasteiger partial charge in [-0.1, -0.05) is 11.6 Å². The molecule has 2 unspecified atom stereocenters. The number of aryl methyl sites for hydroxylation is 1. The van der Waals surface area contributed by atoms with Gasteiger partial charge in [-0.25, -0.2) is 0 Å². The maximum atomic E-state index is 10.2. The van der Waals surface area contributed by atoms with E-state index in [4.69, 9.17) is 4.74 Å². The van der Waals surface area contributed by atoms with Crippen LogP contribution < -0.4 is 4.74 Å². The molecule has 0 saturated carbocycles. The number of aliphatic hydroxyl groups is 1. The summed E-state index contributed by atoms with van der Waals surface area (Å²) in [4.78, 5) is 0. The summed E-state index contributed by atoms with van der Waals surface area (Å²) in [5, 5.41) is 10.2. The molecule has 1 saturated heterocycles. The van der Waals surface area contributed by atoms with Crippen LogP contribution in [0.2, 0.25) is 0 Å². The van der Waals surface area contributed by atoms with E-state index < -0.39 is 0 Å². The highest BCUT2D eigenvalue weighted by Gasteiger charge is 2.34. The molecule has 2 aliphatic rings. The predicted molar refractivity (Wildman–Crippen MR) is 70.6 cm³/mol. The fourth-order valence-corrected chi connectivity index (χ4v) is 4.05. The van der Waals surface area contributed by atoms with Gasteiger partial charge in [-0.2, -0.15) is 11.8 Å². The van der Waals surface area contributed by atoms with E-state index in [1.165, 1.54) is 23.5 Å². The average Bonchev–Trinajstić information content (AvgIpc) is 2.83. The van der Waals surface area contributed by atoms with Crippen LogP contribution in [-0.2, 0) is 0 Å². The second-order valence-corrected chi connectivity index (χ2v) is 6.22. The summed E-state index contributed by atoms with van der Waals surface area (Å²) in [6.45, 7) is 2.05. The zero-order valence-electron chi connectivity index (χ0n) is 10.1. The van der Waals surface area contributed by atoms with Crippen LogP contribution in [0.3, 0.4) is 0 Å². The SMILES string of the molecule is Cc1ccc2c(c1)[C@H](O)CC(C1CCSC1)O2. The Hall–Kier alpha value is -0.670. The molecule has 92 valence electrons. The number of hydrogen-bond donors (Lipinski definition) is 1. The summed E-state index contributed by atoms with van der Waals surface area (Å²) in [6, 6.07) is 6.10. The number of fused-ring (bicyclic) bond motifs is 1. The lowest BCUT2D eigenvalue weighted by Gasteiger charge is -2.33. The number of ether oxygens (including phenoxy) is 1. The zero-order chi connectivity index (χ0) is 11.8. The van der Waals surface area contributed by atoms with E-state index in [0.717, 1.165) is 17.7 Å². The summed E-state index contributed by atoms with van der Waals surface area (Å²) in [6.07, 6.45) is 1.83. The minimum Gasteiger partial charge on any atom is -0.490 e. The number of aliphatic hydroxyl groups excluding tert-OH is 1. The Labute approximate surface area is 106 Å². The number of benzene rings is 1. The van der Waals surface area contributed by atoms with E-state index in [1.54, 1.807) is 0 Å². The second-order valence-electron chi connectivity index (χ2n) is 5.07. The highest BCUT2D eigenvalue weighted by atomic mass is 32.2. The molecule has 0 bridgehead atoms. The van der Waals surface area contributed by atoms with Crippen molar-refractivity contribution in [3.8, 4) is 5.75 Å². The second kappa shape index (κ2) is 4.54. The first-order valence-corrected chi connectivity index (χ1v) is 7.42. The zero-order valence-corrected chi connectivity index (χ0v) is 10.9. The van der Waals surface area contributed by atoms with Crippen LogP contribution >= 0.6 is 11.8 Å². The Bertz CT molecular complexity index is 413. The van der Waals surface area contributed by atoms with Crippen molar-refractivity contribution in [2.75, 3.05) is 11.5 Å². The molecule has 2 nitrogen and oxygen atoms in total. The molecule has 0 aromatic heterocycles. The summed E-state index contributed by atoms with van der Waals surface area (Å²) in [5.74, 6) is 3.92. The molecular weight excluding hydrogens is 232 g/mol. The minimum atomic E-state index is -0.353. The summed E-state index contributed by atoms with van der Waals surface area (Å²) < 4.78 is 6.07. The minimum absolute atomic E-state index is 0.204. The predicted octanol–water partition coefficient (Wildman–Crippen LogP) is 2.93. The van der Waals surface area contributed by atoms with E-state index in [-0.39, 0.29) is 12.2 Å². The fraction of sp³-hybridized carbons (Fsp3) is 0.571. The van der Waals surface area contributed by atoms with Crippen molar-refractivity contribution >= 4 is 11.8 Å². The van der Waals surface area contributed by atoms with Gasteiger partial charge in [0.2, 0.25) is 0 Å². The number of hydrogen-bond acceptors (Lipinski definition) is 3. The van der Waals surface area contributed by atoms with Gasteiger partial charge < -0.3 is 9.84 Å². The van der Waals surface area contributed by atoms with E-state index in [0.29, 0.717) is 5.92 Å². The van der Waals surface area contributed by atoms with Crippen molar-refractivity contribution in [3.05, 3.63) is 29.3 Å². The van der Waals surface area contributed by atoms with Crippen molar-refractivity contribution in [3.63, 3.8) is 0 Å². The van der Waals surface area contributed by atoms with Gasteiger partial charge in [0.05, 0.1) is 6.10 Å². The van der Waals surface area contributed by atoms with Gasteiger partial charge in [0.15, 0.2) is 0 Å². The maximum absolute atomic E-state index is 10.2. The molecule has 3 atom stereocenters. The molecule has 0 spiro atoms. The van der Waals surface area contributed by atoms with Gasteiger partial charge >= 0.3 is 0 Å². The quantitative estimate of drug-likeness (QED) is 0.831. The molecule has 1 N–H and O–H groups in total. The molecule has 2 aliphatic heterocycles. The topological polar surface area (TPSA) is 29.5 Å². The first kappa shape index (κ1) is 11.4. The van der Waals surface area contributed by atoms with Crippen LogP contribution in [0.4, 0.5) is 0 Å². The van der Waals surface area contributed by atoms with Crippen molar-refractivity contribution in [1.82, 2.24) is 0 Å². The van der Waals surface area contributed by atoms with Crippen molar-refractivity contribution in [2.24, 2.45) is 5.92 Å². The number of rotatable bonds is 1. The average molecular weight is 250 g/mol. The van der Waals surface area contributed by atoms with E-state index in [2.05, 4.69) is 6.07 Å². The molecule has 0 aliphatic carbocycles. The monoisotopic (exact) mass is 250 g/mol. The van der Waals surface area contributed by atoms with Crippen LogP contribution in [0.15, 0.2) is 18.2 Å². The van der Waals surface area contributed by atoms with E-state index in [9.17, 15) is 5.11 Å². The van der Waals surface area contributed by atoms with E-state index in [1.807, 2.05) is 30.8 Å². The molecule has 1 aromatic rings. The molecule has 17 heavy (non-hydrogen) atoms. The lowest BCUT2D eigenvalue weighted by atomic mass is 9.90. The highest BCUT2D eigenvalue weighted by molar-refractivity contribution is 7.99. The van der Waals surface area contributed by atoms with Crippen LogP contribution in [0.1, 0.15) is 30.1 Å². The van der Waals surface area contributed by atoms with Gasteiger partial charge in [-0.15, -0.1) is 0 Å². The van der Waals surface area contributed by atoms with Crippen LogP contribution in [0.5, 0.6) is 5.75 Å². The third-order valence-electron chi connectivity index (χ3n) is 3.75. The molecule has 2 heterocycles. The Morgan fingerprint density at radius 1 is 1.41 bits per heavy atom. The van der Waals surface area contributed by atoms with Gasteiger partial charge in [-0.3, -0.25) is 0 Å². The summed E-state index contributed by atoms with van der Waals surface area (Å²) in [5.41, 5.74) is 2.15. The normalized spacial score (nSPS) is 32.0. The molecule has 3 rings (SSSR count). The molecule has 0 amide bonds. The molecular formula is C14H18O2S. The highest BCUT2D eigenvalue weighted by Crippen LogP contribution is 2.40. The van der Waals surface area contributed by atoms with Crippen LogP contribution in [0, 0.1) is 12.8 Å². The first-order valence-electron chi connectivity index (χ1n) is 6.27. The first-order chi connectivity index (χ1) is 8.24. The van der Waals surface area contributed by atoms with Crippen molar-refractivity contribution in [2.45, 2.75) is 32.0 Å². The third kappa shape index (κ3) is 2.18. The Balaban J connectivity index is 1.84. The lowest BCUT2D eigenvalue weighted by Crippen LogP contribution is -2.32. The lowest BCUT2D eigenvalue weighted by molar-refractivity contribution is 0.0402. The van der Waals surface area contributed by atoms with Gasteiger partial charge in [-0.05, 0) is 37.0 Å². The van der Waals surface area contributed by atoms with Crippen LogP contribution in [0.25, 0.3) is 0 Å². The Kier molecular flexibility index (Phi) is 3.05. The number of thioether (sulfide) groups is 1. The smallest absolute Gasteiger partial charge is 0.125 e. The van der Waals surface area contributed by atoms with Crippen LogP contribution in [-0.4, -0.2) is 22.7 Å². The van der Waals surface area contributed by atoms with Crippen molar-refractivity contribution in [1.29, 1.82) is 0 Å². The molecule has 1 aromatic carbocycles. The standard InChI is InChI=1S/C14H18O2S/c1-9-2-3-13-11(6-9)12(15)7-14(16-13)10-4-5-17-8-10/h2-3,6,10,12,14-15H,4-5,7-8H2,1H3/t10?,12-,14?/m1/s1. The third-order valence-corrected chi connectivity index (χ3v) is 4.94. The van der Waals surface area contributed by atoms with Crippen molar-refractivity contribution < 1.29 is 9.84 Å². The largest absolute Gasteiger partial charge is 0.490 e. The Morgan fingerprint density at radius 2 is 2.29 bits per heavy atom. The summed E-state index contributed by atoms with van der Waals surface area (Å²) >= 11 is 2.00. The molecule has 1 fully saturated rings. The maximum Gasteiger partial charge on any atom is 0.125 e. The molecule has 3 heteroatoms.